The van der Waals surface area contributed by atoms with E-state index in [9.17, 15) is 19.2 Å². The van der Waals surface area contributed by atoms with E-state index in [1.807, 2.05) is 175 Å². The highest BCUT2D eigenvalue weighted by Crippen LogP contribution is 2.38. The topological polar surface area (TPSA) is 155 Å². The lowest BCUT2D eigenvalue weighted by Gasteiger charge is -2.31. The van der Waals surface area contributed by atoms with Crippen molar-refractivity contribution in [2.45, 2.75) is 106 Å². The molecular formula is C65H67BrN4O9S. The Hall–Kier alpha value is -7.88. The van der Waals surface area contributed by atoms with Crippen LogP contribution in [0.1, 0.15) is 115 Å². The predicted molar refractivity (Wildman–Crippen MR) is 319 cm³/mol. The molecule has 2 aromatic heterocycles. The smallest absolute Gasteiger partial charge is 0.358 e. The molecule has 0 radical (unpaired) electrons. The normalized spacial score (nSPS) is 11.9. The molecule has 80 heavy (non-hydrogen) atoms. The minimum absolute atomic E-state index is 0.145. The highest BCUT2D eigenvalue weighted by molar-refractivity contribution is 9.10. The number of para-hydroxylation sites is 3. The number of ether oxygens (including phenoxy) is 5. The summed E-state index contributed by atoms with van der Waals surface area (Å²) in [6, 6.07) is 44.8. The minimum Gasteiger partial charge on any atom is -0.466 e. The van der Waals surface area contributed by atoms with E-state index in [-0.39, 0.29) is 23.5 Å². The number of benzene rings is 6. The fraction of sp³-hybridized carbons (Fsp3) is 0.292. The van der Waals surface area contributed by atoms with Crippen molar-refractivity contribution in [1.82, 2.24) is 9.97 Å². The number of hydrogen-bond acceptors (Lipinski definition) is 13. The molecule has 1 aliphatic rings. The SMILES string of the molecule is CCOC(=O)CCCc1ccccc1Oc1cccc(-c2ccc(N3CCc4cccc(C(=O)Nc5nc6ccccc6s5)c4C3)nc2C(=O)OC(C)(C)C)c1C.CCOC(=O)CCCc1ccccc1Oc1cccc(Br)c1C. The summed E-state index contributed by atoms with van der Waals surface area (Å²) in [6.07, 6.45) is 4.27. The van der Waals surface area contributed by atoms with E-state index < -0.39 is 11.6 Å². The third-order valence-corrected chi connectivity index (χ3v) is 15.1. The van der Waals surface area contributed by atoms with E-state index in [0.29, 0.717) is 92.0 Å². The molecule has 1 aliphatic heterocycles. The summed E-state index contributed by atoms with van der Waals surface area (Å²) in [6.45, 7) is 15.0. The number of esters is 3. The Labute approximate surface area is 480 Å². The Kier molecular flexibility index (Phi) is 19.9. The quantitative estimate of drug-likeness (QED) is 0.0605. The molecule has 8 aromatic rings. The molecule has 0 fully saturated rings. The first-order chi connectivity index (χ1) is 38.6. The van der Waals surface area contributed by atoms with Crippen molar-refractivity contribution >= 4 is 72.2 Å². The van der Waals surface area contributed by atoms with Crippen LogP contribution in [-0.4, -0.2) is 59.1 Å². The average Bonchev–Trinajstić information content (AvgIpc) is 3.88. The number of nitrogens with one attached hydrogen (secondary N) is 1. The molecule has 13 nitrogen and oxygen atoms in total. The van der Waals surface area contributed by atoms with Crippen LogP contribution in [0.3, 0.4) is 0 Å². The molecule has 0 saturated carbocycles. The Morgan fingerprint density at radius 3 is 1.88 bits per heavy atom. The van der Waals surface area contributed by atoms with Gasteiger partial charge in [-0.25, -0.2) is 14.8 Å². The molecule has 0 spiro atoms. The molecule has 9 rings (SSSR count). The fourth-order valence-electron chi connectivity index (χ4n) is 9.29. The number of carbonyl (C=O) groups excluding carboxylic acids is 4. The van der Waals surface area contributed by atoms with E-state index in [1.165, 1.54) is 11.3 Å². The number of thiazole rings is 1. The molecule has 0 saturated heterocycles. The molecule has 0 bridgehead atoms. The number of carbonyl (C=O) groups is 4. The molecule has 0 atom stereocenters. The van der Waals surface area contributed by atoms with Gasteiger partial charge < -0.3 is 28.6 Å². The van der Waals surface area contributed by atoms with Gasteiger partial charge in [0.25, 0.3) is 5.91 Å². The van der Waals surface area contributed by atoms with Crippen molar-refractivity contribution < 1.29 is 42.9 Å². The zero-order valence-corrected chi connectivity index (χ0v) is 48.8. The lowest BCUT2D eigenvalue weighted by Crippen LogP contribution is -2.33. The standard InChI is InChI=1S/C46H46N4O6S.C19H21BrO3/c1-6-54-41(51)23-12-16-31-14-7-9-20-38(31)55-37-21-13-17-32(29(37)2)33-24-25-40(48-42(33)44(53)56-46(3,4)5)50-27-26-30-15-11-18-34(35(30)28-50)43(52)49-45-47-36-19-8-10-22-39(36)57-45;1-3-22-19(21)13-6-9-15-8-4-5-11-18(15)23-17-12-7-10-16(20)14(17)2/h7-11,13-15,17-22,24-25H,6,12,16,23,26-28H2,1-5H3,(H,47,49,52);4-5,7-8,10-12H,3,6,9,13H2,1-2H3. The van der Waals surface area contributed by atoms with Gasteiger partial charge in [-0.1, -0.05) is 106 Å². The summed E-state index contributed by atoms with van der Waals surface area (Å²) in [4.78, 5) is 62.7. The first-order valence-corrected chi connectivity index (χ1v) is 28.6. The lowest BCUT2D eigenvalue weighted by molar-refractivity contribution is -0.144. The summed E-state index contributed by atoms with van der Waals surface area (Å²) < 4.78 is 30.6. The second-order valence-electron chi connectivity index (χ2n) is 20.2. The van der Waals surface area contributed by atoms with Gasteiger partial charge >= 0.3 is 17.9 Å². The van der Waals surface area contributed by atoms with Crippen molar-refractivity contribution in [2.24, 2.45) is 0 Å². The van der Waals surface area contributed by atoms with Crippen LogP contribution in [-0.2, 0) is 49.6 Å². The third-order valence-electron chi connectivity index (χ3n) is 13.3. The number of fused-ring (bicyclic) bond motifs is 2. The van der Waals surface area contributed by atoms with Crippen LogP contribution in [0.5, 0.6) is 23.0 Å². The van der Waals surface area contributed by atoms with Crippen LogP contribution in [0, 0.1) is 13.8 Å². The lowest BCUT2D eigenvalue weighted by atomic mass is 9.94. The maximum Gasteiger partial charge on any atom is 0.358 e. The van der Waals surface area contributed by atoms with Crippen LogP contribution in [0.2, 0.25) is 0 Å². The number of rotatable bonds is 19. The highest BCUT2D eigenvalue weighted by Gasteiger charge is 2.28. The van der Waals surface area contributed by atoms with E-state index in [0.717, 1.165) is 78.0 Å². The first kappa shape index (κ1) is 58.3. The van der Waals surface area contributed by atoms with Gasteiger partial charge in [0.1, 0.15) is 34.4 Å². The molecule has 15 heteroatoms. The van der Waals surface area contributed by atoms with E-state index in [2.05, 4.69) is 37.2 Å². The molecular weight excluding hydrogens is 1090 g/mol. The minimum atomic E-state index is -0.751. The second kappa shape index (κ2) is 27.3. The summed E-state index contributed by atoms with van der Waals surface area (Å²) in [5, 5.41) is 3.56. The summed E-state index contributed by atoms with van der Waals surface area (Å²) in [7, 11) is 0. The summed E-state index contributed by atoms with van der Waals surface area (Å²) >= 11 is 4.96. The van der Waals surface area contributed by atoms with Crippen LogP contribution in [0.4, 0.5) is 10.9 Å². The van der Waals surface area contributed by atoms with Crippen molar-refractivity contribution in [3.05, 3.63) is 189 Å². The highest BCUT2D eigenvalue weighted by atomic mass is 79.9. The maximum absolute atomic E-state index is 14.0. The van der Waals surface area contributed by atoms with Crippen LogP contribution in [0.25, 0.3) is 21.3 Å². The first-order valence-electron chi connectivity index (χ1n) is 27.0. The van der Waals surface area contributed by atoms with Crippen molar-refractivity contribution in [3.8, 4) is 34.1 Å². The molecule has 414 valence electrons. The van der Waals surface area contributed by atoms with Gasteiger partial charge in [0, 0.05) is 47.1 Å². The van der Waals surface area contributed by atoms with Gasteiger partial charge in [0.05, 0.1) is 23.4 Å². The van der Waals surface area contributed by atoms with Crippen molar-refractivity contribution in [1.29, 1.82) is 0 Å². The number of hydrogen-bond donors (Lipinski definition) is 1. The van der Waals surface area contributed by atoms with E-state index in [4.69, 9.17) is 28.7 Å². The molecule has 1 N–H and O–H groups in total. The summed E-state index contributed by atoms with van der Waals surface area (Å²) in [5.41, 5.74) is 8.23. The molecule has 0 aliphatic carbocycles. The second-order valence-corrected chi connectivity index (χ2v) is 22.0. The van der Waals surface area contributed by atoms with Gasteiger partial charge in [-0.05, 0) is 175 Å². The van der Waals surface area contributed by atoms with E-state index in [1.54, 1.807) is 6.92 Å². The number of anilines is 2. The van der Waals surface area contributed by atoms with Crippen LogP contribution in [0.15, 0.2) is 144 Å². The van der Waals surface area contributed by atoms with Gasteiger partial charge in [0.15, 0.2) is 10.8 Å². The molecule has 1 amide bonds. The van der Waals surface area contributed by atoms with Crippen LogP contribution >= 0.6 is 27.3 Å². The number of aromatic nitrogens is 2. The van der Waals surface area contributed by atoms with Gasteiger partial charge in [-0.2, -0.15) is 0 Å². The van der Waals surface area contributed by atoms with Crippen LogP contribution < -0.4 is 19.7 Å². The number of aryl methyl sites for hydroxylation is 2. The zero-order valence-electron chi connectivity index (χ0n) is 46.4. The van der Waals surface area contributed by atoms with Crippen molar-refractivity contribution in [3.63, 3.8) is 0 Å². The number of halogens is 1. The fourth-order valence-corrected chi connectivity index (χ4v) is 10.5. The molecule has 3 heterocycles. The average molecular weight is 1160 g/mol. The zero-order chi connectivity index (χ0) is 56.8. The Morgan fingerprint density at radius 1 is 0.650 bits per heavy atom. The Balaban J connectivity index is 0.000000305. The Bertz CT molecular complexity index is 3470. The van der Waals surface area contributed by atoms with Gasteiger partial charge in [-0.3, -0.25) is 19.7 Å². The number of pyridine rings is 1. The maximum atomic E-state index is 14.0. The number of amides is 1. The van der Waals surface area contributed by atoms with Gasteiger partial charge in [-0.15, -0.1) is 0 Å². The van der Waals surface area contributed by atoms with E-state index >= 15 is 0 Å². The van der Waals surface area contributed by atoms with Crippen molar-refractivity contribution in [2.75, 3.05) is 30.0 Å². The largest absolute Gasteiger partial charge is 0.466 e. The monoisotopic (exact) mass is 1160 g/mol. The Morgan fingerprint density at radius 2 is 1.24 bits per heavy atom. The summed E-state index contributed by atoms with van der Waals surface area (Å²) in [5.74, 6) is 2.48. The van der Waals surface area contributed by atoms with Gasteiger partial charge in [0.2, 0.25) is 0 Å². The molecule has 6 aromatic carbocycles. The number of nitrogens with zero attached hydrogens (tertiary/aromatic N) is 3. The predicted octanol–water partition coefficient (Wildman–Crippen LogP) is 15.6. The molecule has 0 unspecified atom stereocenters. The third kappa shape index (κ3) is 15.3.